The van der Waals surface area contributed by atoms with E-state index in [9.17, 15) is 13.6 Å². The second kappa shape index (κ2) is 6.20. The fourth-order valence-corrected chi connectivity index (χ4v) is 3.51. The summed E-state index contributed by atoms with van der Waals surface area (Å²) in [5.41, 5.74) is -0.110. The monoisotopic (exact) mass is 294 g/mol. The van der Waals surface area contributed by atoms with Gasteiger partial charge in [0.05, 0.1) is 11.6 Å². The van der Waals surface area contributed by atoms with E-state index in [4.69, 9.17) is 0 Å². The Morgan fingerprint density at radius 3 is 2.71 bits per heavy atom. The molecule has 1 N–H and O–H groups in total. The van der Waals surface area contributed by atoms with Crippen LogP contribution in [0, 0.1) is 11.6 Å². The van der Waals surface area contributed by atoms with Gasteiger partial charge >= 0.3 is 0 Å². The van der Waals surface area contributed by atoms with E-state index in [-0.39, 0.29) is 17.4 Å². The summed E-state index contributed by atoms with van der Waals surface area (Å²) in [5.74, 6) is -1.47. The van der Waals surface area contributed by atoms with Gasteiger partial charge in [-0.15, -0.1) is 0 Å². The van der Waals surface area contributed by atoms with E-state index in [2.05, 4.69) is 10.2 Å². The van der Waals surface area contributed by atoms with Gasteiger partial charge in [-0.1, -0.05) is 0 Å². The van der Waals surface area contributed by atoms with Crippen molar-refractivity contribution in [1.82, 2.24) is 10.2 Å². The molecule has 1 aromatic rings. The molecule has 2 aliphatic rings. The van der Waals surface area contributed by atoms with Crippen molar-refractivity contribution in [2.24, 2.45) is 0 Å². The Labute approximate surface area is 123 Å². The Bertz CT molecular complexity index is 529. The van der Waals surface area contributed by atoms with Crippen molar-refractivity contribution in [2.75, 3.05) is 19.6 Å². The number of Topliss-reactive ketones (excluding diaryl/α,β-unsaturated/α-hetero) is 1. The molecule has 114 valence electrons. The predicted molar refractivity (Wildman–Crippen MR) is 76.3 cm³/mol. The molecule has 21 heavy (non-hydrogen) atoms. The SMILES string of the molecule is O=C(c1cc(F)ccc1F)C1CCCN1C1CCNCC1. The van der Waals surface area contributed by atoms with Gasteiger partial charge in [0.2, 0.25) is 0 Å². The lowest BCUT2D eigenvalue weighted by Crippen LogP contribution is -2.48. The molecular formula is C16H20F2N2O. The number of benzene rings is 1. The standard InChI is InChI=1S/C16H20F2N2O/c17-11-3-4-14(18)13(10-11)16(21)15-2-1-9-20(15)12-5-7-19-8-6-12/h3-4,10,12,15,19H,1-2,5-9H2. The van der Waals surface area contributed by atoms with Crippen molar-refractivity contribution in [3.63, 3.8) is 0 Å². The molecule has 1 aromatic carbocycles. The number of nitrogens with one attached hydrogen (secondary N) is 1. The largest absolute Gasteiger partial charge is 0.317 e. The third-order valence-corrected chi connectivity index (χ3v) is 4.57. The third-order valence-electron chi connectivity index (χ3n) is 4.57. The molecule has 0 amide bonds. The molecule has 0 radical (unpaired) electrons. The van der Waals surface area contributed by atoms with Gasteiger partial charge in [-0.3, -0.25) is 9.69 Å². The molecule has 2 heterocycles. The smallest absolute Gasteiger partial charge is 0.183 e. The number of carbonyl (C=O) groups is 1. The van der Waals surface area contributed by atoms with Crippen LogP contribution in [-0.2, 0) is 0 Å². The first-order valence-corrected chi connectivity index (χ1v) is 7.62. The number of nitrogens with zero attached hydrogens (tertiary/aromatic N) is 1. The topological polar surface area (TPSA) is 32.3 Å². The van der Waals surface area contributed by atoms with Gasteiger partial charge in [-0.05, 0) is 63.5 Å². The summed E-state index contributed by atoms with van der Waals surface area (Å²) < 4.78 is 27.1. The number of hydrogen-bond donors (Lipinski definition) is 1. The maximum atomic E-state index is 13.8. The van der Waals surface area contributed by atoms with Crippen LogP contribution in [0.15, 0.2) is 18.2 Å². The van der Waals surface area contributed by atoms with Crippen molar-refractivity contribution < 1.29 is 13.6 Å². The third kappa shape index (κ3) is 2.99. The average Bonchev–Trinajstić information content (AvgIpc) is 2.99. The van der Waals surface area contributed by atoms with Crippen molar-refractivity contribution >= 4 is 5.78 Å². The zero-order chi connectivity index (χ0) is 14.8. The van der Waals surface area contributed by atoms with E-state index in [1.165, 1.54) is 0 Å². The highest BCUT2D eigenvalue weighted by Gasteiger charge is 2.36. The highest BCUT2D eigenvalue weighted by atomic mass is 19.1. The first kappa shape index (κ1) is 14.6. The van der Waals surface area contributed by atoms with Gasteiger partial charge < -0.3 is 5.32 Å². The summed E-state index contributed by atoms with van der Waals surface area (Å²) in [7, 11) is 0. The van der Waals surface area contributed by atoms with Gasteiger partial charge in [0, 0.05) is 6.04 Å². The number of likely N-dealkylation sites (tertiary alicyclic amines) is 1. The Hall–Kier alpha value is -1.33. The molecule has 2 saturated heterocycles. The molecule has 2 aliphatic heterocycles. The number of carbonyl (C=O) groups excluding carboxylic acids is 1. The summed E-state index contributed by atoms with van der Waals surface area (Å²) in [6, 6.07) is 3.18. The quantitative estimate of drug-likeness (QED) is 0.869. The summed E-state index contributed by atoms with van der Waals surface area (Å²) in [5, 5.41) is 3.31. The lowest BCUT2D eigenvalue weighted by molar-refractivity contribution is 0.0779. The van der Waals surface area contributed by atoms with Crippen LogP contribution >= 0.6 is 0 Å². The first-order valence-electron chi connectivity index (χ1n) is 7.62. The maximum absolute atomic E-state index is 13.8. The van der Waals surface area contributed by atoms with Crippen molar-refractivity contribution in [3.8, 4) is 0 Å². The number of piperidine rings is 1. The summed E-state index contributed by atoms with van der Waals surface area (Å²) >= 11 is 0. The minimum Gasteiger partial charge on any atom is -0.317 e. The number of rotatable bonds is 3. The maximum Gasteiger partial charge on any atom is 0.183 e. The van der Waals surface area contributed by atoms with Gasteiger partial charge in [-0.25, -0.2) is 8.78 Å². The van der Waals surface area contributed by atoms with Crippen molar-refractivity contribution in [1.29, 1.82) is 0 Å². The fraction of sp³-hybridized carbons (Fsp3) is 0.562. The van der Waals surface area contributed by atoms with Gasteiger partial charge in [-0.2, -0.15) is 0 Å². The van der Waals surface area contributed by atoms with Crippen LogP contribution in [0.3, 0.4) is 0 Å². The zero-order valence-electron chi connectivity index (χ0n) is 11.9. The van der Waals surface area contributed by atoms with E-state index in [0.717, 1.165) is 63.5 Å². The Kier molecular flexibility index (Phi) is 4.31. The zero-order valence-corrected chi connectivity index (χ0v) is 11.9. The molecule has 0 spiro atoms. The van der Waals surface area contributed by atoms with Gasteiger partial charge in [0.1, 0.15) is 11.6 Å². The lowest BCUT2D eigenvalue weighted by Gasteiger charge is -2.35. The lowest BCUT2D eigenvalue weighted by atomic mass is 9.98. The van der Waals surface area contributed by atoms with Crippen LogP contribution in [0.2, 0.25) is 0 Å². The molecule has 3 rings (SSSR count). The van der Waals surface area contributed by atoms with Crippen LogP contribution in [0.1, 0.15) is 36.0 Å². The molecule has 0 aromatic heterocycles. The first-order chi connectivity index (χ1) is 10.2. The summed E-state index contributed by atoms with van der Waals surface area (Å²) in [6.07, 6.45) is 3.70. The Morgan fingerprint density at radius 1 is 1.19 bits per heavy atom. The van der Waals surface area contributed by atoms with Crippen molar-refractivity contribution in [2.45, 2.75) is 37.8 Å². The molecule has 1 atom stereocenters. The molecule has 0 aliphatic carbocycles. The number of hydrogen-bond acceptors (Lipinski definition) is 3. The molecule has 0 bridgehead atoms. The normalized spacial score (nSPS) is 24.4. The van der Waals surface area contributed by atoms with Crippen molar-refractivity contribution in [3.05, 3.63) is 35.4 Å². The minimum absolute atomic E-state index is 0.110. The highest BCUT2D eigenvalue weighted by molar-refractivity contribution is 6.00. The molecule has 5 heteroatoms. The second-order valence-corrected chi connectivity index (χ2v) is 5.87. The Balaban J connectivity index is 1.80. The van der Waals surface area contributed by atoms with Crippen LogP contribution in [0.25, 0.3) is 0 Å². The average molecular weight is 294 g/mol. The van der Waals surface area contributed by atoms with E-state index in [1.54, 1.807) is 0 Å². The van der Waals surface area contributed by atoms with Crippen LogP contribution in [0.5, 0.6) is 0 Å². The summed E-state index contributed by atoms with van der Waals surface area (Å²) in [4.78, 5) is 14.8. The van der Waals surface area contributed by atoms with Gasteiger partial charge in [0.25, 0.3) is 0 Å². The minimum atomic E-state index is -0.626. The van der Waals surface area contributed by atoms with E-state index < -0.39 is 11.6 Å². The number of ketones is 1. The van der Waals surface area contributed by atoms with E-state index in [0.29, 0.717) is 6.04 Å². The molecule has 3 nitrogen and oxygen atoms in total. The van der Waals surface area contributed by atoms with Crippen LogP contribution in [-0.4, -0.2) is 42.4 Å². The second-order valence-electron chi connectivity index (χ2n) is 5.87. The Morgan fingerprint density at radius 2 is 1.95 bits per heavy atom. The molecule has 0 saturated carbocycles. The van der Waals surface area contributed by atoms with Crippen LogP contribution in [0.4, 0.5) is 8.78 Å². The fourth-order valence-electron chi connectivity index (χ4n) is 3.51. The highest BCUT2D eigenvalue weighted by Crippen LogP contribution is 2.27. The van der Waals surface area contributed by atoms with E-state index in [1.807, 2.05) is 0 Å². The molecule has 1 unspecified atom stereocenters. The molecular weight excluding hydrogens is 274 g/mol. The summed E-state index contributed by atoms with van der Waals surface area (Å²) in [6.45, 7) is 2.78. The van der Waals surface area contributed by atoms with E-state index >= 15 is 0 Å². The predicted octanol–water partition coefficient (Wildman–Crippen LogP) is 2.36. The molecule has 2 fully saturated rings. The van der Waals surface area contributed by atoms with Gasteiger partial charge in [0.15, 0.2) is 5.78 Å². The van der Waals surface area contributed by atoms with Crippen LogP contribution < -0.4 is 5.32 Å². The number of halogens is 2.